The summed E-state index contributed by atoms with van der Waals surface area (Å²) < 4.78 is 17.4. The van der Waals surface area contributed by atoms with Crippen LogP contribution in [0.5, 0.6) is 0 Å². The lowest BCUT2D eigenvalue weighted by Gasteiger charge is -2.41. The highest BCUT2D eigenvalue weighted by Crippen LogP contribution is 2.70. The molecule has 5 heteroatoms. The van der Waals surface area contributed by atoms with E-state index in [1.165, 1.54) is 6.08 Å². The Balaban J connectivity index is 1.93. The number of rotatable bonds is 4. The second-order valence-electron chi connectivity index (χ2n) is 8.50. The summed E-state index contributed by atoms with van der Waals surface area (Å²) in [5, 5.41) is 11.5. The van der Waals surface area contributed by atoms with E-state index in [-0.39, 0.29) is 18.1 Å². The zero-order valence-corrected chi connectivity index (χ0v) is 17.8. The molecule has 5 atom stereocenters. The van der Waals surface area contributed by atoms with Crippen molar-refractivity contribution in [2.75, 3.05) is 6.61 Å². The van der Waals surface area contributed by atoms with Crippen LogP contribution >= 0.6 is 0 Å². The van der Waals surface area contributed by atoms with Crippen LogP contribution in [0.25, 0.3) is 0 Å². The highest BCUT2D eigenvalue weighted by molar-refractivity contribution is 5.83. The van der Waals surface area contributed by atoms with Crippen LogP contribution in [0, 0.1) is 23.2 Å². The number of aliphatic hydroxyl groups is 1. The van der Waals surface area contributed by atoms with Gasteiger partial charge in [0.25, 0.3) is 0 Å². The summed E-state index contributed by atoms with van der Waals surface area (Å²) in [4.78, 5) is 11.8. The molecule has 1 saturated heterocycles. The summed E-state index contributed by atoms with van der Waals surface area (Å²) in [5.74, 6) is 5.05. The monoisotopic (exact) mass is 388 g/mol. The molecule has 2 fully saturated rings. The van der Waals surface area contributed by atoms with E-state index in [0.717, 1.165) is 18.4 Å². The van der Waals surface area contributed by atoms with E-state index in [4.69, 9.17) is 14.2 Å². The maximum Gasteiger partial charge on any atom is 0.331 e. The Morgan fingerprint density at radius 2 is 2.00 bits per heavy atom. The minimum atomic E-state index is -1.27. The summed E-state index contributed by atoms with van der Waals surface area (Å²) in [6, 6.07) is 0. The molecule has 0 aromatic carbocycles. The molecule has 1 saturated carbocycles. The molecule has 2 aliphatic carbocycles. The Labute approximate surface area is 168 Å². The smallest absolute Gasteiger partial charge is 0.331 e. The van der Waals surface area contributed by atoms with E-state index in [1.807, 2.05) is 40.7 Å². The molecule has 1 N–H and O–H groups in total. The molecule has 0 radical (unpaired) electrons. The number of ether oxygens (including phenoxy) is 3. The number of fused-ring (bicyclic) bond motifs is 2. The lowest BCUT2D eigenvalue weighted by molar-refractivity contribution is -0.171. The summed E-state index contributed by atoms with van der Waals surface area (Å²) >= 11 is 0. The van der Waals surface area contributed by atoms with Gasteiger partial charge >= 0.3 is 5.97 Å². The maximum absolute atomic E-state index is 11.8. The third kappa shape index (κ3) is 3.32. The summed E-state index contributed by atoms with van der Waals surface area (Å²) in [5.41, 5.74) is -0.292. The number of carbonyl (C=O) groups is 1. The summed E-state index contributed by atoms with van der Waals surface area (Å²) in [7, 11) is 0. The first-order chi connectivity index (χ1) is 13.1. The predicted octanol–water partition coefficient (Wildman–Crippen LogP) is 3.52. The largest absolute Gasteiger partial charge is 0.463 e. The molecule has 28 heavy (non-hydrogen) atoms. The minimum Gasteiger partial charge on any atom is -0.463 e. The fourth-order valence-electron chi connectivity index (χ4n) is 4.52. The second kappa shape index (κ2) is 7.33. The Kier molecular flexibility index (Phi) is 5.53. The average Bonchev–Trinajstić information content (AvgIpc) is 3.25. The molecule has 5 unspecified atom stereocenters. The Morgan fingerprint density at radius 1 is 1.36 bits per heavy atom. The van der Waals surface area contributed by atoms with Crippen molar-refractivity contribution in [3.8, 4) is 11.8 Å². The number of allylic oxidation sites excluding steroid dienone is 1. The molecule has 3 rings (SSSR count). The molecule has 0 aromatic heterocycles. The van der Waals surface area contributed by atoms with Crippen molar-refractivity contribution < 1.29 is 24.1 Å². The Hall–Kier alpha value is -1.61. The fourth-order valence-corrected chi connectivity index (χ4v) is 4.52. The van der Waals surface area contributed by atoms with E-state index in [9.17, 15) is 9.90 Å². The first-order valence-corrected chi connectivity index (χ1v) is 10.3. The number of esters is 1. The van der Waals surface area contributed by atoms with Gasteiger partial charge in [0.15, 0.2) is 11.4 Å². The van der Waals surface area contributed by atoms with E-state index < -0.39 is 22.8 Å². The average molecular weight is 389 g/mol. The van der Waals surface area contributed by atoms with Crippen LogP contribution in [-0.2, 0) is 19.0 Å². The number of hydrogen-bond donors (Lipinski definition) is 1. The fraction of sp³-hybridized carbons (Fsp3) is 0.696. The first-order valence-electron chi connectivity index (χ1n) is 10.3. The number of carbonyl (C=O) groups excluding carboxylic acids is 1. The van der Waals surface area contributed by atoms with Crippen LogP contribution in [0.15, 0.2) is 23.3 Å². The molecular formula is C23H32O5. The maximum atomic E-state index is 11.8. The number of hydrogen-bond acceptors (Lipinski definition) is 5. The molecule has 1 heterocycles. The highest BCUT2D eigenvalue weighted by atomic mass is 16.8. The van der Waals surface area contributed by atoms with Gasteiger partial charge in [-0.25, -0.2) is 4.79 Å². The standard InChI is InChI=1S/C23H32O5/c1-7-9-18(12-20(24)26-8-2)10-11-22(25)15(3)13-23(19-14-21(19,22)6)27-16(4)17(5)28-23/h12-13,16-17,19,25H,7-9,14H2,1-6H3/b18-12-. The van der Waals surface area contributed by atoms with Crippen LogP contribution in [0.1, 0.15) is 60.8 Å². The molecule has 0 bridgehead atoms. The molecule has 5 nitrogen and oxygen atoms in total. The van der Waals surface area contributed by atoms with Crippen molar-refractivity contribution in [1.29, 1.82) is 0 Å². The van der Waals surface area contributed by atoms with Gasteiger partial charge < -0.3 is 19.3 Å². The van der Waals surface area contributed by atoms with Crippen LogP contribution in [0.3, 0.4) is 0 Å². The van der Waals surface area contributed by atoms with E-state index in [2.05, 4.69) is 11.8 Å². The predicted molar refractivity (Wildman–Crippen MR) is 106 cm³/mol. The Morgan fingerprint density at radius 3 is 2.57 bits per heavy atom. The third-order valence-electron chi connectivity index (χ3n) is 6.44. The van der Waals surface area contributed by atoms with E-state index >= 15 is 0 Å². The summed E-state index contributed by atoms with van der Waals surface area (Å²) in [6.45, 7) is 12.1. The SMILES string of the molecule is CCC/C(C#CC1(O)C(C)=CC2(OC(C)C(C)O2)C2CC21C)=C/C(=O)OCC. The first kappa shape index (κ1) is 21.1. The van der Waals surface area contributed by atoms with Crippen molar-refractivity contribution >= 4 is 5.97 Å². The topological polar surface area (TPSA) is 65.0 Å². The highest BCUT2D eigenvalue weighted by Gasteiger charge is 2.75. The second-order valence-corrected chi connectivity index (χ2v) is 8.50. The van der Waals surface area contributed by atoms with Crippen molar-refractivity contribution in [2.24, 2.45) is 11.3 Å². The molecule has 1 spiro atoms. The zero-order chi connectivity index (χ0) is 20.7. The lowest BCUT2D eigenvalue weighted by Crippen LogP contribution is -2.49. The zero-order valence-electron chi connectivity index (χ0n) is 17.8. The van der Waals surface area contributed by atoms with Crippen molar-refractivity contribution in [3.05, 3.63) is 23.3 Å². The van der Waals surface area contributed by atoms with Gasteiger partial charge in [-0.1, -0.05) is 32.1 Å². The van der Waals surface area contributed by atoms with Crippen molar-refractivity contribution in [1.82, 2.24) is 0 Å². The van der Waals surface area contributed by atoms with Gasteiger partial charge in [-0.3, -0.25) is 0 Å². The molecular weight excluding hydrogens is 356 g/mol. The lowest BCUT2D eigenvalue weighted by atomic mass is 9.73. The van der Waals surface area contributed by atoms with Gasteiger partial charge in [0.05, 0.1) is 18.8 Å². The van der Waals surface area contributed by atoms with E-state index in [0.29, 0.717) is 18.6 Å². The quantitative estimate of drug-likeness (QED) is 0.346. The van der Waals surface area contributed by atoms with Gasteiger partial charge in [0.2, 0.25) is 0 Å². The molecule has 0 aromatic rings. The Bertz CT molecular complexity index is 760. The van der Waals surface area contributed by atoms with Gasteiger partial charge in [-0.15, -0.1) is 0 Å². The van der Waals surface area contributed by atoms with Crippen LogP contribution in [0.2, 0.25) is 0 Å². The van der Waals surface area contributed by atoms with Crippen molar-refractivity contribution in [2.45, 2.75) is 84.4 Å². The van der Waals surface area contributed by atoms with Gasteiger partial charge in [0, 0.05) is 23.0 Å². The van der Waals surface area contributed by atoms with Crippen LogP contribution in [0.4, 0.5) is 0 Å². The van der Waals surface area contributed by atoms with Crippen LogP contribution < -0.4 is 0 Å². The minimum absolute atomic E-state index is 0.00912. The van der Waals surface area contributed by atoms with Gasteiger partial charge in [-0.2, -0.15) is 0 Å². The van der Waals surface area contributed by atoms with Crippen LogP contribution in [-0.4, -0.2) is 41.3 Å². The third-order valence-corrected chi connectivity index (χ3v) is 6.44. The normalized spacial score (nSPS) is 41.8. The van der Waals surface area contributed by atoms with Gasteiger partial charge in [-0.05, 0) is 52.2 Å². The molecule has 154 valence electrons. The molecule has 1 aliphatic heterocycles. The molecule has 3 aliphatic rings. The van der Waals surface area contributed by atoms with Gasteiger partial charge in [0.1, 0.15) is 0 Å². The van der Waals surface area contributed by atoms with E-state index in [1.54, 1.807) is 6.92 Å². The summed E-state index contributed by atoms with van der Waals surface area (Å²) in [6.07, 6.45) is 5.66. The molecule has 0 amide bonds. The van der Waals surface area contributed by atoms with Crippen molar-refractivity contribution in [3.63, 3.8) is 0 Å².